The van der Waals surface area contributed by atoms with Crippen LogP contribution in [0, 0.1) is 17.5 Å². The molecule has 2 N–H and O–H groups in total. The Morgan fingerprint density at radius 1 is 1.00 bits per heavy atom. The Morgan fingerprint density at radius 3 is 2.52 bits per heavy atom. The number of aromatic nitrogens is 1. The van der Waals surface area contributed by atoms with Crippen molar-refractivity contribution in [2.24, 2.45) is 5.73 Å². The summed E-state index contributed by atoms with van der Waals surface area (Å²) >= 11 is 6.11. The Labute approximate surface area is 156 Å². The number of amides is 1. The smallest absolute Gasteiger partial charge is 0.249 e. The second-order valence-electron chi connectivity index (χ2n) is 6.15. The molecule has 0 radical (unpaired) electrons. The van der Waals surface area contributed by atoms with Gasteiger partial charge in [-0.25, -0.2) is 13.2 Å². The number of hydrogen-bond acceptors (Lipinski definition) is 1. The molecule has 0 atom stereocenters. The van der Waals surface area contributed by atoms with Crippen molar-refractivity contribution in [3.63, 3.8) is 0 Å². The van der Waals surface area contributed by atoms with Crippen LogP contribution in [0.1, 0.15) is 15.9 Å². The van der Waals surface area contributed by atoms with Gasteiger partial charge in [-0.05, 0) is 30.3 Å². The topological polar surface area (TPSA) is 48.0 Å². The molecule has 0 unspecified atom stereocenters. The molecule has 1 amide bonds. The highest BCUT2D eigenvalue weighted by Gasteiger charge is 2.19. The summed E-state index contributed by atoms with van der Waals surface area (Å²) in [5, 5.41) is 1.74. The van der Waals surface area contributed by atoms with Gasteiger partial charge in [0.2, 0.25) is 5.91 Å². The van der Waals surface area contributed by atoms with E-state index in [-0.39, 0.29) is 12.1 Å². The van der Waals surface area contributed by atoms with Gasteiger partial charge in [-0.15, -0.1) is 0 Å². The third kappa shape index (κ3) is 2.73. The molecule has 0 aliphatic carbocycles. The van der Waals surface area contributed by atoms with Gasteiger partial charge in [0, 0.05) is 26.9 Å². The van der Waals surface area contributed by atoms with Crippen molar-refractivity contribution < 1.29 is 18.0 Å². The fraction of sp³-hybridized carbons (Fsp3) is 0.0500. The molecular formula is C20H12ClF3N2O. The quantitative estimate of drug-likeness (QED) is 0.493. The number of nitrogens with zero attached hydrogens (tertiary/aromatic N) is 1. The van der Waals surface area contributed by atoms with Gasteiger partial charge in [-0.1, -0.05) is 29.8 Å². The molecule has 3 aromatic carbocycles. The van der Waals surface area contributed by atoms with E-state index in [4.69, 9.17) is 17.3 Å². The zero-order valence-corrected chi connectivity index (χ0v) is 14.5. The molecule has 0 aliphatic heterocycles. The number of rotatable bonds is 3. The maximum Gasteiger partial charge on any atom is 0.249 e. The molecule has 0 fully saturated rings. The van der Waals surface area contributed by atoms with Crippen LogP contribution in [0.3, 0.4) is 0 Å². The number of carbonyl (C=O) groups excluding carboxylic acids is 1. The van der Waals surface area contributed by atoms with E-state index >= 15 is 0 Å². The van der Waals surface area contributed by atoms with Gasteiger partial charge < -0.3 is 10.3 Å². The second-order valence-corrected chi connectivity index (χ2v) is 6.58. The van der Waals surface area contributed by atoms with E-state index in [1.807, 2.05) is 0 Å². The predicted octanol–water partition coefficient (Wildman–Crippen LogP) is 5.01. The summed E-state index contributed by atoms with van der Waals surface area (Å²) in [6, 6.07) is 12.1. The van der Waals surface area contributed by atoms with Gasteiger partial charge in [0.15, 0.2) is 17.5 Å². The molecule has 0 spiro atoms. The zero-order valence-electron chi connectivity index (χ0n) is 13.8. The Hall–Kier alpha value is -2.99. The van der Waals surface area contributed by atoms with E-state index < -0.39 is 23.4 Å². The van der Waals surface area contributed by atoms with Crippen molar-refractivity contribution in [3.05, 3.63) is 82.1 Å². The highest BCUT2D eigenvalue weighted by Crippen LogP contribution is 2.34. The lowest BCUT2D eigenvalue weighted by Gasteiger charge is -2.10. The van der Waals surface area contributed by atoms with Crippen LogP contribution in [0.25, 0.3) is 21.8 Å². The molecule has 0 saturated heterocycles. The van der Waals surface area contributed by atoms with E-state index in [0.717, 1.165) is 6.07 Å². The van der Waals surface area contributed by atoms with Crippen molar-refractivity contribution >= 4 is 39.3 Å². The van der Waals surface area contributed by atoms with Crippen molar-refractivity contribution in [1.29, 1.82) is 0 Å². The van der Waals surface area contributed by atoms with Gasteiger partial charge in [-0.3, -0.25) is 4.79 Å². The van der Waals surface area contributed by atoms with Crippen LogP contribution >= 0.6 is 11.6 Å². The SMILES string of the molecule is NC(=O)c1cccc2c1c1ccc(Cl)cc1n2Cc1ccc(F)c(F)c1F. The summed E-state index contributed by atoms with van der Waals surface area (Å²) in [5.41, 5.74) is 7.00. The third-order valence-electron chi connectivity index (χ3n) is 4.56. The summed E-state index contributed by atoms with van der Waals surface area (Å²) in [5.74, 6) is -4.63. The maximum atomic E-state index is 14.2. The minimum absolute atomic E-state index is 0.0304. The zero-order chi connectivity index (χ0) is 19.3. The van der Waals surface area contributed by atoms with Crippen LogP contribution in [0.4, 0.5) is 13.2 Å². The van der Waals surface area contributed by atoms with Gasteiger partial charge in [-0.2, -0.15) is 0 Å². The number of benzene rings is 3. The van der Waals surface area contributed by atoms with E-state index in [0.29, 0.717) is 32.4 Å². The third-order valence-corrected chi connectivity index (χ3v) is 4.80. The van der Waals surface area contributed by atoms with Crippen molar-refractivity contribution in [2.75, 3.05) is 0 Å². The largest absolute Gasteiger partial charge is 0.366 e. The number of halogens is 4. The predicted molar refractivity (Wildman–Crippen MR) is 98.4 cm³/mol. The van der Waals surface area contributed by atoms with E-state index in [1.165, 1.54) is 6.07 Å². The average Bonchev–Trinajstić information content (AvgIpc) is 2.95. The fourth-order valence-electron chi connectivity index (χ4n) is 3.35. The molecule has 136 valence electrons. The summed E-state index contributed by atoms with van der Waals surface area (Å²) in [7, 11) is 0. The molecule has 3 nitrogen and oxygen atoms in total. The normalized spacial score (nSPS) is 11.4. The monoisotopic (exact) mass is 388 g/mol. The Bertz CT molecular complexity index is 1230. The minimum atomic E-state index is -1.52. The van der Waals surface area contributed by atoms with E-state index in [9.17, 15) is 18.0 Å². The standard InChI is InChI=1S/C20H12ClF3N2O/c21-11-5-6-12-16(8-11)26(9-10-4-7-14(22)19(24)18(10)23)15-3-1-2-13(17(12)15)20(25)27/h1-8H,9H2,(H2,25,27). The molecule has 4 rings (SSSR count). The lowest BCUT2D eigenvalue weighted by molar-refractivity contribution is 0.100. The maximum absolute atomic E-state index is 14.2. The summed E-state index contributed by atoms with van der Waals surface area (Å²) in [6.07, 6.45) is 0. The Kier molecular flexibility index (Phi) is 4.08. The van der Waals surface area contributed by atoms with Crippen molar-refractivity contribution in [1.82, 2.24) is 4.57 Å². The van der Waals surface area contributed by atoms with Gasteiger partial charge >= 0.3 is 0 Å². The van der Waals surface area contributed by atoms with Crippen LogP contribution in [0.2, 0.25) is 5.02 Å². The molecule has 0 aliphatic rings. The highest BCUT2D eigenvalue weighted by molar-refractivity contribution is 6.32. The Balaban J connectivity index is 2.05. The highest BCUT2D eigenvalue weighted by atomic mass is 35.5. The molecule has 1 aromatic heterocycles. The first-order valence-corrected chi connectivity index (χ1v) is 8.39. The molecule has 4 aromatic rings. The summed E-state index contributed by atoms with van der Waals surface area (Å²) in [6.45, 7) is -0.0778. The molecule has 7 heteroatoms. The van der Waals surface area contributed by atoms with Crippen LogP contribution in [0.5, 0.6) is 0 Å². The number of hydrogen-bond donors (Lipinski definition) is 1. The van der Waals surface area contributed by atoms with Crippen LogP contribution < -0.4 is 5.73 Å². The minimum Gasteiger partial charge on any atom is -0.366 e. The molecule has 1 heterocycles. The first-order valence-electron chi connectivity index (χ1n) is 8.01. The van der Waals surface area contributed by atoms with Crippen LogP contribution in [-0.2, 0) is 6.54 Å². The molecule has 0 bridgehead atoms. The first kappa shape index (κ1) is 17.4. The fourth-order valence-corrected chi connectivity index (χ4v) is 3.52. The number of primary amides is 1. The van der Waals surface area contributed by atoms with Gasteiger partial charge in [0.1, 0.15) is 0 Å². The van der Waals surface area contributed by atoms with Gasteiger partial charge in [0.25, 0.3) is 0 Å². The summed E-state index contributed by atoms with van der Waals surface area (Å²) in [4.78, 5) is 11.9. The van der Waals surface area contributed by atoms with Crippen LogP contribution in [-0.4, -0.2) is 10.5 Å². The number of carbonyl (C=O) groups is 1. The number of fused-ring (bicyclic) bond motifs is 3. The molecular weight excluding hydrogens is 377 g/mol. The second kappa shape index (κ2) is 6.32. The summed E-state index contributed by atoms with van der Waals surface area (Å²) < 4.78 is 42.8. The van der Waals surface area contributed by atoms with Gasteiger partial charge in [0.05, 0.1) is 17.6 Å². The number of nitrogens with two attached hydrogens (primary N) is 1. The van der Waals surface area contributed by atoms with E-state index in [1.54, 1.807) is 41.0 Å². The lowest BCUT2D eigenvalue weighted by atomic mass is 10.1. The molecule has 0 saturated carbocycles. The molecule has 27 heavy (non-hydrogen) atoms. The first-order chi connectivity index (χ1) is 12.9. The van der Waals surface area contributed by atoms with E-state index in [2.05, 4.69) is 0 Å². The van der Waals surface area contributed by atoms with Crippen molar-refractivity contribution in [2.45, 2.75) is 6.54 Å². The lowest BCUT2D eigenvalue weighted by Crippen LogP contribution is -2.11. The van der Waals surface area contributed by atoms with Crippen molar-refractivity contribution in [3.8, 4) is 0 Å². The Morgan fingerprint density at radius 2 is 1.78 bits per heavy atom. The average molecular weight is 389 g/mol. The van der Waals surface area contributed by atoms with Crippen LogP contribution in [0.15, 0.2) is 48.5 Å².